The maximum Gasteiger partial charge on any atom is 0.0350 e. The van der Waals surface area contributed by atoms with Crippen LogP contribution in [-0.4, -0.2) is 95.1 Å². The highest BCUT2D eigenvalue weighted by Crippen LogP contribution is 2.45. The zero-order valence-corrected chi connectivity index (χ0v) is 19.0. The van der Waals surface area contributed by atoms with Crippen LogP contribution in [0, 0.1) is 5.92 Å². The zero-order valence-electron chi connectivity index (χ0n) is 19.0. The van der Waals surface area contributed by atoms with Crippen LogP contribution >= 0.6 is 0 Å². The topological polar surface area (TPSA) is 13.0 Å². The van der Waals surface area contributed by atoms with Gasteiger partial charge >= 0.3 is 0 Å². The van der Waals surface area contributed by atoms with Gasteiger partial charge in [-0.3, -0.25) is 19.6 Å². The van der Waals surface area contributed by atoms with E-state index in [1.165, 1.54) is 58.3 Å². The first kappa shape index (κ1) is 20.1. The maximum absolute atomic E-state index is 2.76. The number of hydrogen-bond acceptors (Lipinski definition) is 4. The van der Waals surface area contributed by atoms with Crippen molar-refractivity contribution in [2.75, 3.05) is 40.3 Å². The average molecular weight is 377 g/mol. The van der Waals surface area contributed by atoms with Crippen molar-refractivity contribution >= 4 is 0 Å². The summed E-state index contributed by atoms with van der Waals surface area (Å²) in [5.41, 5.74) is 0.706. The Balaban J connectivity index is 1.19. The van der Waals surface area contributed by atoms with Gasteiger partial charge in [-0.1, -0.05) is 6.42 Å². The summed E-state index contributed by atoms with van der Waals surface area (Å²) in [6.07, 6.45) is 7.10. The molecule has 0 amide bonds. The van der Waals surface area contributed by atoms with E-state index in [2.05, 4.69) is 68.3 Å². The molecule has 156 valence electrons. The van der Waals surface area contributed by atoms with Gasteiger partial charge in [-0.05, 0) is 80.3 Å². The number of nitrogens with zero attached hydrogens (tertiary/aromatic N) is 4. The third-order valence-corrected chi connectivity index (χ3v) is 8.50. The summed E-state index contributed by atoms with van der Waals surface area (Å²) in [4.78, 5) is 10.8. The van der Waals surface area contributed by atoms with Crippen molar-refractivity contribution in [3.05, 3.63) is 0 Å². The summed E-state index contributed by atoms with van der Waals surface area (Å²) in [5, 5.41) is 0. The molecular weight excluding hydrogens is 332 g/mol. The minimum atomic E-state index is 0.336. The Labute approximate surface area is 168 Å². The summed E-state index contributed by atoms with van der Waals surface area (Å²) in [5.74, 6) is 0.914. The lowest BCUT2D eigenvalue weighted by atomic mass is 9.86. The van der Waals surface area contributed by atoms with E-state index >= 15 is 0 Å². The third kappa shape index (κ3) is 3.97. The molecule has 0 aromatic rings. The normalized spacial score (nSPS) is 31.9. The third-order valence-electron chi connectivity index (χ3n) is 8.50. The summed E-state index contributed by atoms with van der Waals surface area (Å²) in [6.45, 7) is 17.1. The van der Waals surface area contributed by atoms with Gasteiger partial charge in [-0.2, -0.15) is 0 Å². The van der Waals surface area contributed by atoms with Crippen LogP contribution < -0.4 is 0 Å². The average Bonchev–Trinajstić information content (AvgIpc) is 3.08. The molecule has 2 saturated heterocycles. The van der Waals surface area contributed by atoms with Gasteiger partial charge in [-0.25, -0.2) is 0 Å². The monoisotopic (exact) mass is 376 g/mol. The van der Waals surface area contributed by atoms with E-state index in [9.17, 15) is 0 Å². The Morgan fingerprint density at radius 2 is 1.33 bits per heavy atom. The van der Waals surface area contributed by atoms with Crippen LogP contribution in [0.3, 0.4) is 0 Å². The van der Waals surface area contributed by atoms with E-state index in [0.717, 1.165) is 30.1 Å². The first-order valence-electron chi connectivity index (χ1n) is 11.5. The number of hydrogen-bond donors (Lipinski definition) is 0. The zero-order chi connectivity index (χ0) is 19.6. The van der Waals surface area contributed by atoms with E-state index in [1.54, 1.807) is 0 Å². The first-order valence-corrected chi connectivity index (χ1v) is 11.5. The molecule has 0 bridgehead atoms. The van der Waals surface area contributed by atoms with Gasteiger partial charge in [0.15, 0.2) is 0 Å². The Hall–Kier alpha value is -0.160. The van der Waals surface area contributed by atoms with Crippen LogP contribution in [0.5, 0.6) is 0 Å². The van der Waals surface area contributed by atoms with Crippen LogP contribution in [0.25, 0.3) is 0 Å². The Kier molecular flexibility index (Phi) is 5.19. The fraction of sp³-hybridized carbons (Fsp3) is 1.00. The quantitative estimate of drug-likeness (QED) is 0.677. The summed E-state index contributed by atoms with van der Waals surface area (Å²) in [7, 11) is 4.75. The van der Waals surface area contributed by atoms with Crippen LogP contribution in [-0.2, 0) is 0 Å². The van der Waals surface area contributed by atoms with E-state index in [4.69, 9.17) is 0 Å². The highest BCUT2D eigenvalue weighted by Gasteiger charge is 2.50. The van der Waals surface area contributed by atoms with Crippen molar-refractivity contribution in [2.45, 2.75) is 102 Å². The summed E-state index contributed by atoms with van der Waals surface area (Å²) in [6, 6.07) is 3.32. The van der Waals surface area contributed by atoms with Crippen LogP contribution in [0.1, 0.15) is 66.7 Å². The number of likely N-dealkylation sites (N-methyl/N-ethyl adjacent to an activating group) is 2. The molecule has 4 nitrogen and oxygen atoms in total. The van der Waals surface area contributed by atoms with Crippen LogP contribution in [0.2, 0.25) is 0 Å². The highest BCUT2D eigenvalue weighted by molar-refractivity contribution is 5.06. The lowest BCUT2D eigenvalue weighted by Gasteiger charge is -2.54. The first-order chi connectivity index (χ1) is 12.6. The Bertz CT molecular complexity index is 523. The maximum atomic E-state index is 2.76. The van der Waals surface area contributed by atoms with Gasteiger partial charge < -0.3 is 0 Å². The van der Waals surface area contributed by atoms with Gasteiger partial charge in [0.2, 0.25) is 0 Å². The highest BCUT2D eigenvalue weighted by atomic mass is 15.4. The molecule has 0 aromatic heterocycles. The Morgan fingerprint density at radius 1 is 0.778 bits per heavy atom. The van der Waals surface area contributed by atoms with Crippen LogP contribution in [0.4, 0.5) is 0 Å². The molecule has 0 N–H and O–H groups in total. The molecule has 0 aromatic carbocycles. The molecule has 27 heavy (non-hydrogen) atoms. The van der Waals surface area contributed by atoms with E-state index in [-0.39, 0.29) is 0 Å². The molecule has 0 radical (unpaired) electrons. The molecule has 4 aliphatic rings. The van der Waals surface area contributed by atoms with Crippen molar-refractivity contribution in [2.24, 2.45) is 5.92 Å². The van der Waals surface area contributed by atoms with E-state index < -0.39 is 0 Å². The van der Waals surface area contributed by atoms with Crippen molar-refractivity contribution in [1.82, 2.24) is 19.6 Å². The second-order valence-corrected chi connectivity index (χ2v) is 11.8. The lowest BCUT2D eigenvalue weighted by molar-refractivity contribution is -0.0515. The minimum Gasteiger partial charge on any atom is -0.298 e. The fourth-order valence-corrected chi connectivity index (χ4v) is 5.55. The molecule has 2 aliphatic carbocycles. The second kappa shape index (κ2) is 6.97. The lowest BCUT2D eigenvalue weighted by Crippen LogP contribution is -2.66. The molecule has 2 unspecified atom stereocenters. The number of rotatable bonds is 7. The Morgan fingerprint density at radius 3 is 1.85 bits per heavy atom. The van der Waals surface area contributed by atoms with E-state index in [0.29, 0.717) is 11.1 Å². The molecule has 4 fully saturated rings. The van der Waals surface area contributed by atoms with Crippen LogP contribution in [0.15, 0.2) is 0 Å². The molecule has 2 heterocycles. The van der Waals surface area contributed by atoms with Gasteiger partial charge in [0.05, 0.1) is 0 Å². The molecule has 4 rings (SSSR count). The van der Waals surface area contributed by atoms with Gasteiger partial charge in [0.1, 0.15) is 0 Å². The minimum absolute atomic E-state index is 0.336. The number of likely N-dealkylation sites (tertiary alicyclic amines) is 2. The van der Waals surface area contributed by atoms with Crippen molar-refractivity contribution in [3.63, 3.8) is 0 Å². The predicted molar refractivity (Wildman–Crippen MR) is 114 cm³/mol. The smallest absolute Gasteiger partial charge is 0.0350 e. The van der Waals surface area contributed by atoms with Crippen molar-refractivity contribution in [3.8, 4) is 0 Å². The van der Waals surface area contributed by atoms with Crippen molar-refractivity contribution in [1.29, 1.82) is 0 Å². The summed E-state index contributed by atoms with van der Waals surface area (Å²) >= 11 is 0. The predicted octanol–water partition coefficient (Wildman–Crippen LogP) is 3.13. The summed E-state index contributed by atoms with van der Waals surface area (Å²) < 4.78 is 0. The standard InChI is InChI=1S/C23H44N4/c1-22(2,3)26-13-20(14-26)25(7)21-11-17(21)12-23(4,5)27-15-19(16-27)24(6)18-9-8-10-18/h17-21H,8-16H2,1-7H3. The SMILES string of the molecule is CN(C1CCC1)C1CN(C(C)(C)CC2CC2N(C)C2CN(C(C)(C)C)C2)C1. The largest absolute Gasteiger partial charge is 0.298 e. The van der Waals surface area contributed by atoms with Crippen molar-refractivity contribution < 1.29 is 0 Å². The molecular formula is C23H44N4. The molecule has 2 saturated carbocycles. The molecule has 2 aliphatic heterocycles. The fourth-order valence-electron chi connectivity index (χ4n) is 5.55. The molecule has 0 spiro atoms. The molecule has 4 heteroatoms. The van der Waals surface area contributed by atoms with Gasteiger partial charge in [0.25, 0.3) is 0 Å². The molecule has 2 atom stereocenters. The van der Waals surface area contributed by atoms with Gasteiger partial charge in [-0.15, -0.1) is 0 Å². The second-order valence-electron chi connectivity index (χ2n) is 11.8. The van der Waals surface area contributed by atoms with E-state index in [1.807, 2.05) is 0 Å². The van der Waals surface area contributed by atoms with Gasteiger partial charge in [0, 0.05) is 61.4 Å².